The molecule has 0 radical (unpaired) electrons. The van der Waals surface area contributed by atoms with Gasteiger partial charge in [-0.2, -0.15) is 0 Å². The maximum absolute atomic E-state index is 12.8. The lowest BCUT2D eigenvalue weighted by Crippen LogP contribution is -2.18. The summed E-state index contributed by atoms with van der Waals surface area (Å²) in [5.74, 6) is 0.327. The summed E-state index contributed by atoms with van der Waals surface area (Å²) >= 11 is 6.46. The number of hydrogen-bond acceptors (Lipinski definition) is 3. The van der Waals surface area contributed by atoms with Crippen LogP contribution < -0.4 is 15.0 Å². The lowest BCUT2D eigenvalue weighted by Gasteiger charge is -2.19. The lowest BCUT2D eigenvalue weighted by molar-refractivity contribution is 0.102. The first-order chi connectivity index (χ1) is 13.2. The Bertz CT molecular complexity index is 997. The predicted molar refractivity (Wildman–Crippen MR) is 111 cm³/mol. The SMILES string of the molecule is COc1cc2ccccc2cc1C(=O)Nc1ccc(N2CCCC2)c(Cl)c1. The molecule has 0 saturated carbocycles. The van der Waals surface area contributed by atoms with Crippen molar-refractivity contribution in [2.75, 3.05) is 30.4 Å². The van der Waals surface area contributed by atoms with Crippen molar-refractivity contribution in [3.8, 4) is 5.75 Å². The van der Waals surface area contributed by atoms with Gasteiger partial charge in [0, 0.05) is 18.8 Å². The van der Waals surface area contributed by atoms with Crippen molar-refractivity contribution < 1.29 is 9.53 Å². The second-order valence-electron chi connectivity index (χ2n) is 6.71. The van der Waals surface area contributed by atoms with Crippen LogP contribution in [0.15, 0.2) is 54.6 Å². The van der Waals surface area contributed by atoms with Crippen LogP contribution in [0.4, 0.5) is 11.4 Å². The number of nitrogens with one attached hydrogen (secondary N) is 1. The second-order valence-corrected chi connectivity index (χ2v) is 7.12. The number of nitrogens with zero attached hydrogens (tertiary/aromatic N) is 1. The molecule has 0 bridgehead atoms. The van der Waals surface area contributed by atoms with Crippen molar-refractivity contribution >= 4 is 39.7 Å². The summed E-state index contributed by atoms with van der Waals surface area (Å²) in [6, 6.07) is 17.3. The Labute approximate surface area is 163 Å². The molecule has 0 atom stereocenters. The van der Waals surface area contributed by atoms with E-state index in [1.807, 2.05) is 48.5 Å². The van der Waals surface area contributed by atoms with E-state index in [4.69, 9.17) is 16.3 Å². The number of hydrogen-bond donors (Lipinski definition) is 1. The van der Waals surface area contributed by atoms with Crippen LogP contribution in [0.1, 0.15) is 23.2 Å². The number of amides is 1. The summed E-state index contributed by atoms with van der Waals surface area (Å²) in [6.45, 7) is 2.05. The second kappa shape index (κ2) is 7.49. The van der Waals surface area contributed by atoms with Crippen LogP contribution in [0.3, 0.4) is 0 Å². The van der Waals surface area contributed by atoms with Crippen LogP contribution in [-0.2, 0) is 0 Å². The highest BCUT2D eigenvalue weighted by Crippen LogP contribution is 2.32. The molecule has 27 heavy (non-hydrogen) atoms. The van der Waals surface area contributed by atoms with Gasteiger partial charge < -0.3 is 15.0 Å². The van der Waals surface area contributed by atoms with Gasteiger partial charge in [0.1, 0.15) is 5.75 Å². The third kappa shape index (κ3) is 3.58. The summed E-state index contributed by atoms with van der Waals surface area (Å²) in [4.78, 5) is 15.1. The highest BCUT2D eigenvalue weighted by Gasteiger charge is 2.17. The van der Waals surface area contributed by atoms with E-state index in [1.165, 1.54) is 12.8 Å². The molecule has 1 amide bonds. The van der Waals surface area contributed by atoms with Gasteiger partial charge in [-0.05, 0) is 53.9 Å². The van der Waals surface area contributed by atoms with E-state index >= 15 is 0 Å². The van der Waals surface area contributed by atoms with Gasteiger partial charge in [-0.25, -0.2) is 0 Å². The number of anilines is 2. The number of rotatable bonds is 4. The minimum absolute atomic E-state index is 0.220. The fourth-order valence-electron chi connectivity index (χ4n) is 3.56. The minimum atomic E-state index is -0.220. The van der Waals surface area contributed by atoms with Gasteiger partial charge in [0.05, 0.1) is 23.4 Å². The van der Waals surface area contributed by atoms with Crippen molar-refractivity contribution in [3.63, 3.8) is 0 Å². The van der Waals surface area contributed by atoms with E-state index in [9.17, 15) is 4.79 Å². The highest BCUT2D eigenvalue weighted by atomic mass is 35.5. The number of fused-ring (bicyclic) bond motifs is 1. The highest BCUT2D eigenvalue weighted by molar-refractivity contribution is 6.33. The monoisotopic (exact) mass is 380 g/mol. The number of benzene rings is 3. The van der Waals surface area contributed by atoms with Gasteiger partial charge in [-0.3, -0.25) is 4.79 Å². The lowest BCUT2D eigenvalue weighted by atomic mass is 10.1. The van der Waals surface area contributed by atoms with Crippen molar-refractivity contribution in [1.29, 1.82) is 0 Å². The third-order valence-corrected chi connectivity index (χ3v) is 5.27. The fraction of sp³-hybridized carbons (Fsp3) is 0.227. The topological polar surface area (TPSA) is 41.6 Å². The number of methoxy groups -OCH3 is 1. The van der Waals surface area contributed by atoms with Gasteiger partial charge in [-0.15, -0.1) is 0 Å². The quantitative estimate of drug-likeness (QED) is 0.663. The summed E-state index contributed by atoms with van der Waals surface area (Å²) in [5, 5.41) is 5.61. The van der Waals surface area contributed by atoms with Gasteiger partial charge in [0.2, 0.25) is 0 Å². The smallest absolute Gasteiger partial charge is 0.259 e. The Morgan fingerprint density at radius 1 is 1.04 bits per heavy atom. The standard InChI is InChI=1S/C22H21ClN2O2/c1-27-21-13-16-7-3-2-6-15(16)12-18(21)22(26)24-17-8-9-20(19(23)14-17)25-10-4-5-11-25/h2-3,6-9,12-14H,4-5,10-11H2,1H3,(H,24,26). The zero-order valence-corrected chi connectivity index (χ0v) is 15.9. The molecule has 1 saturated heterocycles. The van der Waals surface area contributed by atoms with Gasteiger partial charge >= 0.3 is 0 Å². The van der Waals surface area contributed by atoms with E-state index in [-0.39, 0.29) is 5.91 Å². The van der Waals surface area contributed by atoms with Crippen molar-refractivity contribution in [2.24, 2.45) is 0 Å². The molecule has 1 aliphatic heterocycles. The normalized spacial score (nSPS) is 13.8. The van der Waals surface area contributed by atoms with Crippen LogP contribution in [-0.4, -0.2) is 26.1 Å². The number of carbonyl (C=O) groups excluding carboxylic acids is 1. The Kier molecular flexibility index (Phi) is 4.90. The van der Waals surface area contributed by atoms with Gasteiger partial charge in [0.15, 0.2) is 0 Å². The third-order valence-electron chi connectivity index (χ3n) is 4.96. The van der Waals surface area contributed by atoms with E-state index < -0.39 is 0 Å². The molecule has 4 nitrogen and oxygen atoms in total. The molecule has 1 fully saturated rings. The predicted octanol–water partition coefficient (Wildman–Crippen LogP) is 5.35. The molecule has 0 unspecified atom stereocenters. The zero-order valence-electron chi connectivity index (χ0n) is 15.2. The molecule has 0 aliphatic carbocycles. The summed E-state index contributed by atoms with van der Waals surface area (Å²) in [6.07, 6.45) is 2.38. The molecule has 3 aromatic carbocycles. The molecule has 0 spiro atoms. The van der Waals surface area contributed by atoms with Gasteiger partial charge in [0.25, 0.3) is 5.91 Å². The molecule has 1 heterocycles. The number of carbonyl (C=O) groups is 1. The van der Waals surface area contributed by atoms with Crippen LogP contribution >= 0.6 is 11.6 Å². The molecular formula is C22H21ClN2O2. The van der Waals surface area contributed by atoms with E-state index in [0.29, 0.717) is 22.0 Å². The Morgan fingerprint density at radius 3 is 2.41 bits per heavy atom. The van der Waals surface area contributed by atoms with Crippen LogP contribution in [0.2, 0.25) is 5.02 Å². The zero-order chi connectivity index (χ0) is 18.8. The van der Waals surface area contributed by atoms with Crippen LogP contribution in [0, 0.1) is 0 Å². The van der Waals surface area contributed by atoms with Crippen molar-refractivity contribution in [1.82, 2.24) is 0 Å². The molecule has 3 aromatic rings. The van der Waals surface area contributed by atoms with E-state index in [0.717, 1.165) is 29.5 Å². The Balaban J connectivity index is 1.60. The van der Waals surface area contributed by atoms with E-state index in [1.54, 1.807) is 13.2 Å². The summed E-state index contributed by atoms with van der Waals surface area (Å²) in [7, 11) is 1.57. The number of ether oxygens (including phenoxy) is 1. The molecule has 1 aliphatic rings. The van der Waals surface area contributed by atoms with Gasteiger partial charge in [-0.1, -0.05) is 35.9 Å². The Morgan fingerprint density at radius 2 is 1.74 bits per heavy atom. The average molecular weight is 381 g/mol. The Hall–Kier alpha value is -2.72. The molecule has 138 valence electrons. The maximum Gasteiger partial charge on any atom is 0.259 e. The first-order valence-electron chi connectivity index (χ1n) is 9.08. The van der Waals surface area contributed by atoms with Crippen LogP contribution in [0.5, 0.6) is 5.75 Å². The molecule has 4 rings (SSSR count). The molecule has 5 heteroatoms. The summed E-state index contributed by atoms with van der Waals surface area (Å²) < 4.78 is 5.43. The fourth-order valence-corrected chi connectivity index (χ4v) is 3.86. The first-order valence-corrected chi connectivity index (χ1v) is 9.46. The van der Waals surface area contributed by atoms with E-state index in [2.05, 4.69) is 10.2 Å². The average Bonchev–Trinajstić information content (AvgIpc) is 3.21. The maximum atomic E-state index is 12.8. The minimum Gasteiger partial charge on any atom is -0.496 e. The summed E-state index contributed by atoms with van der Waals surface area (Å²) in [5.41, 5.74) is 2.19. The molecular weight excluding hydrogens is 360 g/mol. The largest absolute Gasteiger partial charge is 0.496 e. The molecule has 1 N–H and O–H groups in total. The van der Waals surface area contributed by atoms with Crippen molar-refractivity contribution in [2.45, 2.75) is 12.8 Å². The van der Waals surface area contributed by atoms with Crippen LogP contribution in [0.25, 0.3) is 10.8 Å². The molecule has 0 aromatic heterocycles. The van der Waals surface area contributed by atoms with Crippen molar-refractivity contribution in [3.05, 3.63) is 65.2 Å². The first kappa shape index (κ1) is 17.7. The number of halogens is 1.